The second-order valence-corrected chi connectivity index (χ2v) is 4.91. The first-order valence-electron chi connectivity index (χ1n) is 6.82. The molecule has 0 aliphatic heterocycles. The minimum absolute atomic E-state index is 0.246. The minimum Gasteiger partial charge on any atom is -0.508 e. The van der Waals surface area contributed by atoms with Crippen LogP contribution >= 0.6 is 0 Å². The van der Waals surface area contributed by atoms with E-state index in [1.165, 1.54) is 0 Å². The Bertz CT molecular complexity index is 361. The summed E-state index contributed by atoms with van der Waals surface area (Å²) in [5, 5.41) is 9.29. The fraction of sp³-hybridized carbons (Fsp3) is 0.600. The number of aryl methyl sites for hydroxylation is 1. The smallest absolute Gasteiger partial charge is 0.389 e. The molecular weight excluding hydrogens is 253 g/mol. The number of aromatic hydroxyl groups is 1. The number of phenolic OH excluding ortho intramolecular Hbond substituents is 1. The first kappa shape index (κ1) is 15.9. The van der Waals surface area contributed by atoms with Gasteiger partial charge in [0.15, 0.2) is 0 Å². The zero-order chi connectivity index (χ0) is 14.1. The van der Waals surface area contributed by atoms with E-state index >= 15 is 0 Å². The van der Waals surface area contributed by atoms with E-state index < -0.39 is 12.6 Å². The summed E-state index contributed by atoms with van der Waals surface area (Å²) in [5.74, 6) is 0.282. The largest absolute Gasteiger partial charge is 0.508 e. The van der Waals surface area contributed by atoms with Crippen molar-refractivity contribution in [1.82, 2.24) is 0 Å². The van der Waals surface area contributed by atoms with Gasteiger partial charge in [-0.25, -0.2) is 0 Å². The Morgan fingerprint density at radius 1 is 0.895 bits per heavy atom. The van der Waals surface area contributed by atoms with Gasteiger partial charge in [-0.3, -0.25) is 0 Å². The lowest BCUT2D eigenvalue weighted by atomic mass is 10.0. The molecule has 0 atom stereocenters. The normalized spacial score (nSPS) is 11.7. The summed E-state index contributed by atoms with van der Waals surface area (Å²) in [6.07, 6.45) is 1.06. The van der Waals surface area contributed by atoms with Gasteiger partial charge in [-0.15, -0.1) is 0 Å². The molecule has 0 unspecified atom stereocenters. The molecule has 108 valence electrons. The molecule has 0 saturated heterocycles. The topological polar surface area (TPSA) is 20.2 Å². The van der Waals surface area contributed by atoms with Crippen molar-refractivity contribution in [2.75, 3.05) is 0 Å². The van der Waals surface area contributed by atoms with Gasteiger partial charge in [0.05, 0.1) is 0 Å². The maximum atomic E-state index is 11.9. The summed E-state index contributed by atoms with van der Waals surface area (Å²) in [5.41, 5.74) is 1.11. The fourth-order valence-corrected chi connectivity index (χ4v) is 2.07. The zero-order valence-electron chi connectivity index (χ0n) is 11.0. The third kappa shape index (κ3) is 8.51. The van der Waals surface area contributed by atoms with Crippen molar-refractivity contribution in [1.29, 1.82) is 0 Å². The predicted molar refractivity (Wildman–Crippen MR) is 70.2 cm³/mol. The van der Waals surface area contributed by atoms with Crippen molar-refractivity contribution in [3.8, 4) is 5.75 Å². The highest BCUT2D eigenvalue weighted by Crippen LogP contribution is 2.23. The van der Waals surface area contributed by atoms with E-state index in [-0.39, 0.29) is 12.2 Å². The zero-order valence-corrected chi connectivity index (χ0v) is 11.0. The van der Waals surface area contributed by atoms with E-state index in [0.717, 1.165) is 37.7 Å². The van der Waals surface area contributed by atoms with Crippen molar-refractivity contribution in [3.63, 3.8) is 0 Å². The van der Waals surface area contributed by atoms with Gasteiger partial charge in [0.25, 0.3) is 0 Å². The molecule has 0 bridgehead atoms. The molecule has 0 heterocycles. The van der Waals surface area contributed by atoms with Gasteiger partial charge < -0.3 is 5.11 Å². The van der Waals surface area contributed by atoms with Gasteiger partial charge in [0.1, 0.15) is 5.75 Å². The van der Waals surface area contributed by atoms with E-state index in [4.69, 9.17) is 0 Å². The number of hydrogen-bond donors (Lipinski definition) is 1. The van der Waals surface area contributed by atoms with Crippen molar-refractivity contribution in [2.24, 2.45) is 0 Å². The molecule has 0 aliphatic carbocycles. The lowest BCUT2D eigenvalue weighted by Crippen LogP contribution is -2.06. The Kier molecular flexibility index (Phi) is 6.74. The molecule has 1 aromatic rings. The first-order valence-corrected chi connectivity index (χ1v) is 6.82. The van der Waals surface area contributed by atoms with Crippen LogP contribution in [0.1, 0.15) is 50.5 Å². The number of benzene rings is 1. The molecule has 0 amide bonds. The lowest BCUT2D eigenvalue weighted by molar-refractivity contribution is -0.135. The molecule has 0 spiro atoms. The highest BCUT2D eigenvalue weighted by Gasteiger charge is 2.25. The SMILES string of the molecule is Oc1cccc(CCCCCCCCC(F)(F)F)c1. The van der Waals surface area contributed by atoms with Gasteiger partial charge in [0, 0.05) is 6.42 Å². The summed E-state index contributed by atoms with van der Waals surface area (Å²) < 4.78 is 35.7. The van der Waals surface area contributed by atoms with Crippen LogP contribution in [0.25, 0.3) is 0 Å². The Morgan fingerprint density at radius 3 is 2.16 bits per heavy atom. The first-order chi connectivity index (χ1) is 8.97. The van der Waals surface area contributed by atoms with E-state index in [0.29, 0.717) is 6.42 Å². The van der Waals surface area contributed by atoms with Crippen molar-refractivity contribution in [2.45, 2.75) is 57.5 Å². The van der Waals surface area contributed by atoms with Gasteiger partial charge in [0.2, 0.25) is 0 Å². The number of alkyl halides is 3. The van der Waals surface area contributed by atoms with Crippen LogP contribution in [-0.4, -0.2) is 11.3 Å². The molecule has 0 radical (unpaired) electrons. The van der Waals surface area contributed by atoms with Crippen LogP contribution < -0.4 is 0 Å². The van der Waals surface area contributed by atoms with Crippen LogP contribution in [0.15, 0.2) is 24.3 Å². The number of rotatable bonds is 8. The highest BCUT2D eigenvalue weighted by molar-refractivity contribution is 5.27. The van der Waals surface area contributed by atoms with Crippen molar-refractivity contribution in [3.05, 3.63) is 29.8 Å². The summed E-state index contributed by atoms with van der Waals surface area (Å²) >= 11 is 0. The average Bonchev–Trinajstić information content (AvgIpc) is 2.31. The molecule has 0 aromatic heterocycles. The Balaban J connectivity index is 1.97. The molecule has 1 aromatic carbocycles. The molecule has 4 heteroatoms. The van der Waals surface area contributed by atoms with Gasteiger partial charge >= 0.3 is 6.18 Å². The standard InChI is InChI=1S/C15H21F3O/c16-15(17,18)11-6-4-2-1-3-5-8-13-9-7-10-14(19)12-13/h7,9-10,12,19H,1-6,8,11H2. The third-order valence-corrected chi connectivity index (χ3v) is 3.09. The van der Waals surface area contributed by atoms with Crippen LogP contribution in [0.5, 0.6) is 5.75 Å². The fourth-order valence-electron chi connectivity index (χ4n) is 2.07. The second kappa shape index (κ2) is 8.08. The highest BCUT2D eigenvalue weighted by atomic mass is 19.4. The van der Waals surface area contributed by atoms with Crippen LogP contribution in [0.2, 0.25) is 0 Å². The summed E-state index contributed by atoms with van der Waals surface area (Å²) in [6.45, 7) is 0. The van der Waals surface area contributed by atoms with E-state index in [1.807, 2.05) is 12.1 Å². The van der Waals surface area contributed by atoms with Crippen LogP contribution in [0.3, 0.4) is 0 Å². The molecule has 1 nitrogen and oxygen atoms in total. The van der Waals surface area contributed by atoms with E-state index in [9.17, 15) is 18.3 Å². The molecule has 0 aliphatic rings. The maximum absolute atomic E-state index is 11.9. The van der Waals surface area contributed by atoms with Crippen molar-refractivity contribution < 1.29 is 18.3 Å². The van der Waals surface area contributed by atoms with Crippen LogP contribution in [-0.2, 0) is 6.42 Å². The predicted octanol–water partition coefficient (Wildman–Crippen LogP) is 5.23. The number of unbranched alkanes of at least 4 members (excludes halogenated alkanes) is 5. The minimum atomic E-state index is -4.00. The maximum Gasteiger partial charge on any atom is 0.389 e. The molecule has 1 N–H and O–H groups in total. The Hall–Kier alpha value is -1.19. The monoisotopic (exact) mass is 274 g/mol. The molecular formula is C15H21F3O. The second-order valence-electron chi connectivity index (χ2n) is 4.91. The van der Waals surface area contributed by atoms with Gasteiger partial charge in [-0.1, -0.05) is 37.8 Å². The third-order valence-electron chi connectivity index (χ3n) is 3.09. The molecule has 0 fully saturated rings. The number of halogens is 3. The van der Waals surface area contributed by atoms with Gasteiger partial charge in [-0.05, 0) is 37.0 Å². The van der Waals surface area contributed by atoms with E-state index in [2.05, 4.69) is 0 Å². The lowest BCUT2D eigenvalue weighted by Gasteiger charge is -2.05. The quantitative estimate of drug-likeness (QED) is 0.644. The molecule has 19 heavy (non-hydrogen) atoms. The van der Waals surface area contributed by atoms with Gasteiger partial charge in [-0.2, -0.15) is 13.2 Å². The summed E-state index contributed by atoms with van der Waals surface area (Å²) in [6, 6.07) is 7.19. The van der Waals surface area contributed by atoms with Crippen LogP contribution in [0, 0.1) is 0 Å². The number of phenols is 1. The number of hydrogen-bond acceptors (Lipinski definition) is 1. The molecule has 0 saturated carbocycles. The Labute approximate surface area is 112 Å². The summed E-state index contributed by atoms with van der Waals surface area (Å²) in [7, 11) is 0. The van der Waals surface area contributed by atoms with Crippen molar-refractivity contribution >= 4 is 0 Å². The van der Waals surface area contributed by atoms with Crippen LogP contribution in [0.4, 0.5) is 13.2 Å². The average molecular weight is 274 g/mol. The Morgan fingerprint density at radius 2 is 1.53 bits per heavy atom. The van der Waals surface area contributed by atoms with E-state index in [1.54, 1.807) is 12.1 Å². The summed E-state index contributed by atoms with van der Waals surface area (Å²) in [4.78, 5) is 0. The molecule has 1 rings (SSSR count).